The summed E-state index contributed by atoms with van der Waals surface area (Å²) in [5.74, 6) is 2.02. The van der Waals surface area contributed by atoms with E-state index in [1.54, 1.807) is 0 Å². The first-order chi connectivity index (χ1) is 11.9. The van der Waals surface area contributed by atoms with Gasteiger partial charge in [-0.15, -0.1) is 0 Å². The number of hydrogen-bond acceptors (Lipinski definition) is 4. The van der Waals surface area contributed by atoms with E-state index in [1.165, 1.54) is 22.3 Å². The number of hydrogen-bond donors (Lipinski definition) is 0. The minimum absolute atomic E-state index is 0.0758. The first-order valence-corrected chi connectivity index (χ1v) is 9.51. The maximum absolute atomic E-state index is 5.80. The van der Waals surface area contributed by atoms with Crippen LogP contribution in [0.25, 0.3) is 0 Å². The molecule has 0 bridgehead atoms. The molecule has 0 unspecified atom stereocenters. The third kappa shape index (κ3) is 3.25. The molecule has 2 aliphatic heterocycles. The lowest BCUT2D eigenvalue weighted by atomic mass is 9.77. The Kier molecular flexibility index (Phi) is 4.42. The molecule has 0 atom stereocenters. The van der Waals surface area contributed by atoms with E-state index in [9.17, 15) is 0 Å². The van der Waals surface area contributed by atoms with Crippen LogP contribution in [0.2, 0.25) is 0 Å². The van der Waals surface area contributed by atoms with Crippen LogP contribution in [-0.2, 0) is 18.5 Å². The van der Waals surface area contributed by atoms with E-state index in [2.05, 4.69) is 88.2 Å². The Hall–Kier alpha value is -1.31. The molecule has 0 N–H and O–H groups in total. The molecule has 4 rings (SSSR count). The summed E-state index contributed by atoms with van der Waals surface area (Å²) in [6.45, 7) is 7.73. The fourth-order valence-electron chi connectivity index (χ4n) is 3.52. The average molecular weight is 450 g/mol. The molecule has 0 aromatic heterocycles. The molecule has 0 saturated carbocycles. The van der Waals surface area contributed by atoms with Crippen LogP contribution in [0.15, 0.2) is 36.4 Å². The number of nitrogens with zero attached hydrogens (tertiary/aromatic N) is 2. The van der Waals surface area contributed by atoms with Gasteiger partial charge in [0.15, 0.2) is 6.73 Å². The molecule has 0 amide bonds. The highest BCUT2D eigenvalue weighted by atomic mass is 127. The van der Waals surface area contributed by atoms with Gasteiger partial charge in [0.1, 0.15) is 18.2 Å². The van der Waals surface area contributed by atoms with Crippen LogP contribution in [0.1, 0.15) is 36.1 Å². The smallest absolute Gasteiger partial charge is 0.150 e. The zero-order valence-corrected chi connectivity index (χ0v) is 17.0. The number of halogens is 1. The second-order valence-corrected chi connectivity index (χ2v) is 8.82. The van der Waals surface area contributed by atoms with Gasteiger partial charge in [0.05, 0.1) is 0 Å². The Morgan fingerprint density at radius 3 is 2.08 bits per heavy atom. The molecule has 4 nitrogen and oxygen atoms in total. The van der Waals surface area contributed by atoms with Crippen molar-refractivity contribution in [3.05, 3.63) is 58.7 Å². The fourth-order valence-corrected chi connectivity index (χ4v) is 4.02. The van der Waals surface area contributed by atoms with Crippen LogP contribution in [0.4, 0.5) is 0 Å². The largest absolute Gasteiger partial charge is 0.478 e. The summed E-state index contributed by atoms with van der Waals surface area (Å²) >= 11 is 2.31. The highest BCUT2D eigenvalue weighted by Gasteiger charge is 2.27. The van der Waals surface area contributed by atoms with Gasteiger partial charge in [-0.05, 0) is 42.4 Å². The third-order valence-corrected chi connectivity index (χ3v) is 5.77. The Bertz CT molecular complexity index is 741. The van der Waals surface area contributed by atoms with E-state index in [0.717, 1.165) is 24.6 Å². The van der Waals surface area contributed by atoms with Crippen LogP contribution in [0, 0.1) is 0 Å². The van der Waals surface area contributed by atoms with Crippen molar-refractivity contribution in [2.45, 2.75) is 32.4 Å². The molecule has 2 aliphatic rings. The van der Waals surface area contributed by atoms with E-state index < -0.39 is 0 Å². The first-order valence-electron chi connectivity index (χ1n) is 8.55. The maximum atomic E-state index is 5.80. The van der Waals surface area contributed by atoms with Gasteiger partial charge < -0.3 is 9.47 Å². The Morgan fingerprint density at radius 1 is 0.880 bits per heavy atom. The Morgan fingerprint density at radius 2 is 1.44 bits per heavy atom. The van der Waals surface area contributed by atoms with Gasteiger partial charge in [-0.25, -0.2) is 3.11 Å². The number of benzene rings is 2. The SMILES string of the molecule is CN1COc2ccc(C(C)(C)c3ccc4c(c3)CN(I)CO4)cc2C1. The van der Waals surface area contributed by atoms with Gasteiger partial charge in [0.2, 0.25) is 0 Å². The second kappa shape index (κ2) is 6.45. The van der Waals surface area contributed by atoms with E-state index in [0.29, 0.717) is 13.5 Å². The van der Waals surface area contributed by atoms with Crippen LogP contribution < -0.4 is 9.47 Å². The Balaban J connectivity index is 1.70. The fraction of sp³-hybridized carbons (Fsp3) is 0.400. The average Bonchev–Trinajstić information content (AvgIpc) is 2.60. The van der Waals surface area contributed by atoms with Crippen molar-refractivity contribution in [1.29, 1.82) is 0 Å². The van der Waals surface area contributed by atoms with E-state index in [4.69, 9.17) is 9.47 Å². The van der Waals surface area contributed by atoms with E-state index >= 15 is 0 Å². The number of ether oxygens (including phenoxy) is 2. The zero-order valence-electron chi connectivity index (χ0n) is 14.9. The quantitative estimate of drug-likeness (QED) is 0.504. The van der Waals surface area contributed by atoms with Crippen molar-refractivity contribution in [3.63, 3.8) is 0 Å². The number of rotatable bonds is 2. The van der Waals surface area contributed by atoms with Crippen molar-refractivity contribution >= 4 is 22.9 Å². The van der Waals surface area contributed by atoms with Gasteiger partial charge in [-0.3, -0.25) is 4.90 Å². The molecule has 0 radical (unpaired) electrons. The van der Waals surface area contributed by atoms with Gasteiger partial charge in [0, 0.05) is 52.5 Å². The molecule has 2 aromatic rings. The van der Waals surface area contributed by atoms with Crippen molar-refractivity contribution in [3.8, 4) is 11.5 Å². The van der Waals surface area contributed by atoms with Crippen LogP contribution in [0.5, 0.6) is 11.5 Å². The summed E-state index contributed by atoms with van der Waals surface area (Å²) in [5, 5.41) is 0. The third-order valence-electron chi connectivity index (χ3n) is 5.15. The monoisotopic (exact) mass is 450 g/mol. The molecule has 0 fully saturated rings. The molecular formula is C20H23IN2O2. The summed E-state index contributed by atoms with van der Waals surface area (Å²) in [5.41, 5.74) is 5.07. The van der Waals surface area contributed by atoms with Crippen molar-refractivity contribution in [2.24, 2.45) is 0 Å². The van der Waals surface area contributed by atoms with E-state index in [1.807, 2.05) is 0 Å². The van der Waals surface area contributed by atoms with Crippen molar-refractivity contribution in [1.82, 2.24) is 8.01 Å². The van der Waals surface area contributed by atoms with Crippen molar-refractivity contribution < 1.29 is 9.47 Å². The van der Waals surface area contributed by atoms with Crippen LogP contribution in [-0.4, -0.2) is 28.5 Å². The standard InChI is InChI=1S/C20H23IN2O2/c1-20(2,16-4-6-18-14(8-16)10-22(3)12-24-18)17-5-7-19-15(9-17)11-23(21)13-25-19/h4-9H,10-13H2,1-3H3. The predicted octanol–water partition coefficient (Wildman–Crippen LogP) is 4.30. The molecule has 132 valence electrons. The summed E-state index contributed by atoms with van der Waals surface area (Å²) in [6, 6.07) is 13.2. The Labute approximate surface area is 163 Å². The van der Waals surface area contributed by atoms with Gasteiger partial charge in [0.25, 0.3) is 0 Å². The molecule has 0 saturated heterocycles. The summed E-state index contributed by atoms with van der Waals surface area (Å²) < 4.78 is 13.7. The molecule has 2 heterocycles. The lowest BCUT2D eigenvalue weighted by Crippen LogP contribution is -2.29. The van der Waals surface area contributed by atoms with Crippen LogP contribution >= 0.6 is 22.9 Å². The normalized spacial score (nSPS) is 18.1. The highest BCUT2D eigenvalue weighted by molar-refractivity contribution is 14.1. The molecule has 2 aromatic carbocycles. The van der Waals surface area contributed by atoms with Gasteiger partial charge in [-0.2, -0.15) is 0 Å². The zero-order chi connectivity index (χ0) is 17.6. The number of fused-ring (bicyclic) bond motifs is 2. The summed E-state index contributed by atoms with van der Waals surface area (Å²) in [6.07, 6.45) is 0. The van der Waals surface area contributed by atoms with Crippen molar-refractivity contribution in [2.75, 3.05) is 20.5 Å². The molecule has 5 heteroatoms. The highest BCUT2D eigenvalue weighted by Crippen LogP contribution is 2.38. The topological polar surface area (TPSA) is 24.9 Å². The summed E-state index contributed by atoms with van der Waals surface area (Å²) in [7, 11) is 2.08. The lowest BCUT2D eigenvalue weighted by Gasteiger charge is -2.31. The minimum Gasteiger partial charge on any atom is -0.478 e. The maximum Gasteiger partial charge on any atom is 0.150 e. The van der Waals surface area contributed by atoms with E-state index in [-0.39, 0.29) is 5.41 Å². The lowest BCUT2D eigenvalue weighted by molar-refractivity contribution is 0.121. The predicted molar refractivity (Wildman–Crippen MR) is 107 cm³/mol. The first kappa shape index (κ1) is 17.1. The van der Waals surface area contributed by atoms with Gasteiger partial charge >= 0.3 is 0 Å². The molecular weight excluding hydrogens is 427 g/mol. The van der Waals surface area contributed by atoms with Crippen LogP contribution in [0.3, 0.4) is 0 Å². The molecule has 25 heavy (non-hydrogen) atoms. The summed E-state index contributed by atoms with van der Waals surface area (Å²) in [4.78, 5) is 2.18. The molecule has 0 aliphatic carbocycles. The second-order valence-electron chi connectivity index (χ2n) is 7.45. The minimum atomic E-state index is -0.0758. The molecule has 0 spiro atoms. The van der Waals surface area contributed by atoms with Gasteiger partial charge in [-0.1, -0.05) is 26.0 Å².